The van der Waals surface area contributed by atoms with Gasteiger partial charge in [-0.15, -0.1) is 10.2 Å². The summed E-state index contributed by atoms with van der Waals surface area (Å²) in [6, 6.07) is 5.56. The molecule has 20 heavy (non-hydrogen) atoms. The van der Waals surface area contributed by atoms with Crippen molar-refractivity contribution < 1.29 is 13.3 Å². The van der Waals surface area contributed by atoms with E-state index in [1.54, 1.807) is 6.92 Å². The smallest absolute Gasteiger partial charge is 0.273 e. The SMILES string of the molecule is CCn1c(-c2ccc([N+](=O)[O-])cc2)nnc1S(N)(=O)=O. The monoisotopic (exact) mass is 297 g/mol. The lowest BCUT2D eigenvalue weighted by molar-refractivity contribution is -0.384. The average molecular weight is 297 g/mol. The third-order valence-electron chi connectivity index (χ3n) is 2.62. The lowest BCUT2D eigenvalue weighted by Gasteiger charge is -2.05. The van der Waals surface area contributed by atoms with Gasteiger partial charge in [0.2, 0.25) is 0 Å². The van der Waals surface area contributed by atoms with Crippen LogP contribution < -0.4 is 5.14 Å². The zero-order valence-electron chi connectivity index (χ0n) is 10.4. The van der Waals surface area contributed by atoms with Crippen LogP contribution in [-0.4, -0.2) is 28.1 Å². The van der Waals surface area contributed by atoms with Crippen molar-refractivity contribution >= 4 is 15.7 Å². The molecule has 0 unspecified atom stereocenters. The Bertz CT molecular complexity index is 750. The van der Waals surface area contributed by atoms with Crippen molar-refractivity contribution in [3.8, 4) is 11.4 Å². The summed E-state index contributed by atoms with van der Waals surface area (Å²) in [6.45, 7) is 2.01. The van der Waals surface area contributed by atoms with Crippen LogP contribution in [0.4, 0.5) is 5.69 Å². The molecular weight excluding hydrogens is 286 g/mol. The Hall–Kier alpha value is -2.33. The van der Waals surface area contributed by atoms with E-state index in [9.17, 15) is 18.5 Å². The Morgan fingerprint density at radius 3 is 2.35 bits per heavy atom. The Morgan fingerprint density at radius 1 is 1.30 bits per heavy atom. The van der Waals surface area contributed by atoms with Crippen LogP contribution in [0, 0.1) is 10.1 Å². The predicted molar refractivity (Wildman–Crippen MR) is 69.2 cm³/mol. The topological polar surface area (TPSA) is 134 Å². The van der Waals surface area contributed by atoms with Crippen molar-refractivity contribution in [1.29, 1.82) is 0 Å². The van der Waals surface area contributed by atoms with E-state index in [0.717, 1.165) is 0 Å². The molecule has 0 saturated heterocycles. The molecule has 106 valence electrons. The molecule has 0 fully saturated rings. The van der Waals surface area contributed by atoms with Crippen LogP contribution in [0.25, 0.3) is 11.4 Å². The lowest BCUT2D eigenvalue weighted by atomic mass is 10.2. The first-order valence-corrected chi connectivity index (χ1v) is 7.10. The molecule has 0 aliphatic rings. The van der Waals surface area contributed by atoms with Gasteiger partial charge >= 0.3 is 0 Å². The van der Waals surface area contributed by atoms with Gasteiger partial charge in [-0.3, -0.25) is 14.7 Å². The van der Waals surface area contributed by atoms with E-state index in [1.165, 1.54) is 28.8 Å². The quantitative estimate of drug-likeness (QED) is 0.645. The molecule has 0 saturated carbocycles. The molecule has 0 aliphatic heterocycles. The molecule has 0 spiro atoms. The van der Waals surface area contributed by atoms with E-state index >= 15 is 0 Å². The molecule has 0 radical (unpaired) electrons. The second-order valence-corrected chi connectivity index (χ2v) is 5.35. The van der Waals surface area contributed by atoms with Crippen molar-refractivity contribution in [1.82, 2.24) is 14.8 Å². The molecule has 1 heterocycles. The number of rotatable bonds is 4. The van der Waals surface area contributed by atoms with Gasteiger partial charge in [0, 0.05) is 24.2 Å². The van der Waals surface area contributed by atoms with Gasteiger partial charge in [-0.2, -0.15) is 0 Å². The third kappa shape index (κ3) is 2.51. The molecule has 2 rings (SSSR count). The number of sulfonamides is 1. The molecule has 9 nitrogen and oxygen atoms in total. The van der Waals surface area contributed by atoms with Crippen molar-refractivity contribution in [2.24, 2.45) is 5.14 Å². The number of primary sulfonamides is 1. The van der Waals surface area contributed by atoms with Gasteiger partial charge in [0.05, 0.1) is 4.92 Å². The highest BCUT2D eigenvalue weighted by atomic mass is 32.2. The summed E-state index contributed by atoms with van der Waals surface area (Å²) in [4.78, 5) is 10.1. The molecule has 0 bridgehead atoms. The molecule has 0 amide bonds. The first-order chi connectivity index (χ1) is 9.34. The van der Waals surface area contributed by atoms with Crippen LogP contribution in [0.1, 0.15) is 6.92 Å². The minimum Gasteiger partial charge on any atom is -0.297 e. The first kappa shape index (κ1) is 14.1. The number of benzene rings is 1. The number of hydrogen-bond donors (Lipinski definition) is 1. The number of hydrogen-bond acceptors (Lipinski definition) is 6. The number of nitro benzene ring substituents is 1. The summed E-state index contributed by atoms with van der Waals surface area (Å²) in [5.74, 6) is 0.284. The number of aromatic nitrogens is 3. The fourth-order valence-corrected chi connectivity index (χ4v) is 2.41. The molecular formula is C10H11N5O4S. The summed E-state index contributed by atoms with van der Waals surface area (Å²) >= 11 is 0. The maximum Gasteiger partial charge on any atom is 0.273 e. The predicted octanol–water partition coefficient (Wildman–Crippen LogP) is 0.521. The van der Waals surface area contributed by atoms with E-state index in [4.69, 9.17) is 5.14 Å². The molecule has 0 atom stereocenters. The minimum absolute atomic E-state index is 0.0667. The Morgan fingerprint density at radius 2 is 1.90 bits per heavy atom. The minimum atomic E-state index is -3.97. The van der Waals surface area contributed by atoms with E-state index in [1.807, 2.05) is 0 Å². The van der Waals surface area contributed by atoms with E-state index in [-0.39, 0.29) is 16.7 Å². The van der Waals surface area contributed by atoms with Crippen LogP contribution in [0.2, 0.25) is 0 Å². The molecule has 2 aromatic rings. The molecule has 1 aromatic heterocycles. The fraction of sp³-hybridized carbons (Fsp3) is 0.200. The van der Waals surface area contributed by atoms with Crippen LogP contribution in [0.3, 0.4) is 0 Å². The highest BCUT2D eigenvalue weighted by Crippen LogP contribution is 2.22. The van der Waals surface area contributed by atoms with Crippen LogP contribution >= 0.6 is 0 Å². The van der Waals surface area contributed by atoms with Gasteiger partial charge in [0.1, 0.15) is 0 Å². The van der Waals surface area contributed by atoms with Gasteiger partial charge < -0.3 is 0 Å². The second kappa shape index (κ2) is 4.98. The highest BCUT2D eigenvalue weighted by Gasteiger charge is 2.21. The standard InChI is InChI=1S/C10H11N5O4S/c1-2-14-9(12-13-10(14)20(11,18)19)7-3-5-8(6-4-7)15(16)17/h3-6H,2H2,1H3,(H2,11,18,19). The number of non-ortho nitro benzene ring substituents is 1. The molecule has 2 N–H and O–H groups in total. The maximum absolute atomic E-state index is 11.4. The Labute approximate surface area is 114 Å². The molecule has 1 aromatic carbocycles. The molecule has 0 aliphatic carbocycles. The summed E-state index contributed by atoms with van der Waals surface area (Å²) in [6.07, 6.45) is 0. The zero-order chi connectivity index (χ0) is 14.9. The Balaban J connectivity index is 2.53. The van der Waals surface area contributed by atoms with Gasteiger partial charge in [-0.25, -0.2) is 13.6 Å². The zero-order valence-corrected chi connectivity index (χ0v) is 11.2. The largest absolute Gasteiger partial charge is 0.297 e. The van der Waals surface area contributed by atoms with Crippen LogP contribution in [0.15, 0.2) is 29.4 Å². The second-order valence-electron chi connectivity index (χ2n) is 3.90. The van der Waals surface area contributed by atoms with Crippen molar-refractivity contribution in [2.45, 2.75) is 18.6 Å². The van der Waals surface area contributed by atoms with Gasteiger partial charge in [0.15, 0.2) is 5.82 Å². The summed E-state index contributed by atoms with van der Waals surface area (Å²) in [7, 11) is -3.97. The fourth-order valence-electron chi connectivity index (χ4n) is 1.73. The first-order valence-electron chi connectivity index (χ1n) is 5.55. The number of nitrogens with two attached hydrogens (primary N) is 1. The maximum atomic E-state index is 11.4. The number of nitro groups is 1. The third-order valence-corrected chi connectivity index (χ3v) is 3.43. The van der Waals surface area contributed by atoms with E-state index in [2.05, 4.69) is 10.2 Å². The van der Waals surface area contributed by atoms with Crippen LogP contribution in [0.5, 0.6) is 0 Å². The molecule has 10 heteroatoms. The van der Waals surface area contributed by atoms with Crippen molar-refractivity contribution in [3.05, 3.63) is 34.4 Å². The summed E-state index contributed by atoms with van der Waals surface area (Å²) in [5.41, 5.74) is 0.447. The van der Waals surface area contributed by atoms with E-state index in [0.29, 0.717) is 12.1 Å². The van der Waals surface area contributed by atoms with Crippen molar-refractivity contribution in [2.75, 3.05) is 0 Å². The Kier molecular flexibility index (Phi) is 3.51. The average Bonchev–Trinajstić information content (AvgIpc) is 2.82. The van der Waals surface area contributed by atoms with Gasteiger partial charge in [-0.05, 0) is 19.1 Å². The van der Waals surface area contributed by atoms with Gasteiger partial charge in [0.25, 0.3) is 20.9 Å². The lowest BCUT2D eigenvalue weighted by Crippen LogP contribution is -2.18. The highest BCUT2D eigenvalue weighted by molar-refractivity contribution is 7.89. The normalized spacial score (nSPS) is 11.5. The summed E-state index contributed by atoms with van der Waals surface area (Å²) in [5, 5.41) is 22.6. The van der Waals surface area contributed by atoms with E-state index < -0.39 is 14.9 Å². The van der Waals surface area contributed by atoms with Crippen LogP contribution in [-0.2, 0) is 16.6 Å². The van der Waals surface area contributed by atoms with Gasteiger partial charge in [-0.1, -0.05) is 0 Å². The van der Waals surface area contributed by atoms with Crippen molar-refractivity contribution in [3.63, 3.8) is 0 Å². The number of nitrogens with zero attached hydrogens (tertiary/aromatic N) is 4. The summed E-state index contributed by atoms with van der Waals surface area (Å²) < 4.78 is 24.1.